The van der Waals surface area contributed by atoms with Crippen LogP contribution in [0.1, 0.15) is 18.1 Å². The Morgan fingerprint density at radius 3 is 2.61 bits per heavy atom. The molecule has 1 heterocycles. The maximum Gasteiger partial charge on any atom is 0.242 e. The second kappa shape index (κ2) is 7.66. The standard InChI is InChI=1S/C17H26N2O4/c1-11-8-14(21-4)15(22-5)9-13(11)10-19(3)17(20)16-12(2)23-7-6-18-16/h8-9,12,16,18H,6-7,10H2,1-5H3/t12-,16+/m1/s1. The summed E-state index contributed by atoms with van der Waals surface area (Å²) in [5.74, 6) is 1.39. The van der Waals surface area contributed by atoms with E-state index in [4.69, 9.17) is 14.2 Å². The number of hydrogen-bond acceptors (Lipinski definition) is 5. The maximum atomic E-state index is 12.6. The zero-order valence-corrected chi connectivity index (χ0v) is 14.5. The third-order valence-electron chi connectivity index (χ3n) is 4.21. The molecule has 0 aromatic heterocycles. The smallest absolute Gasteiger partial charge is 0.242 e. The van der Waals surface area contributed by atoms with Crippen LogP contribution >= 0.6 is 0 Å². The van der Waals surface area contributed by atoms with Gasteiger partial charge in [-0.1, -0.05) is 0 Å². The molecular formula is C17H26N2O4. The molecule has 128 valence electrons. The molecule has 2 atom stereocenters. The summed E-state index contributed by atoms with van der Waals surface area (Å²) < 4.78 is 16.2. The van der Waals surface area contributed by atoms with Crippen LogP contribution in [-0.4, -0.2) is 57.4 Å². The first-order chi connectivity index (χ1) is 11.0. The summed E-state index contributed by atoms with van der Waals surface area (Å²) in [7, 11) is 5.03. The Kier molecular flexibility index (Phi) is 5.85. The average Bonchev–Trinajstić information content (AvgIpc) is 2.55. The Hall–Kier alpha value is -1.79. The molecule has 1 N–H and O–H groups in total. The van der Waals surface area contributed by atoms with Crippen molar-refractivity contribution in [3.8, 4) is 11.5 Å². The van der Waals surface area contributed by atoms with Crippen molar-refractivity contribution in [3.63, 3.8) is 0 Å². The molecule has 1 amide bonds. The molecule has 0 bridgehead atoms. The highest BCUT2D eigenvalue weighted by atomic mass is 16.5. The molecule has 1 fully saturated rings. The summed E-state index contributed by atoms with van der Waals surface area (Å²) in [5.41, 5.74) is 2.09. The fourth-order valence-electron chi connectivity index (χ4n) is 2.77. The molecule has 1 aromatic rings. The van der Waals surface area contributed by atoms with E-state index in [9.17, 15) is 4.79 Å². The molecule has 6 heteroatoms. The SMILES string of the molecule is COc1cc(C)c(CN(C)C(=O)[C@H]2NCCO[C@@H]2C)cc1OC. The Morgan fingerprint density at radius 2 is 2.00 bits per heavy atom. The van der Waals surface area contributed by atoms with Crippen molar-refractivity contribution in [1.29, 1.82) is 0 Å². The lowest BCUT2D eigenvalue weighted by Gasteiger charge is -2.32. The highest BCUT2D eigenvalue weighted by molar-refractivity contribution is 5.82. The fraction of sp³-hybridized carbons (Fsp3) is 0.588. The van der Waals surface area contributed by atoms with Crippen LogP contribution in [0.3, 0.4) is 0 Å². The van der Waals surface area contributed by atoms with Gasteiger partial charge in [-0.25, -0.2) is 0 Å². The number of carbonyl (C=O) groups excluding carboxylic acids is 1. The van der Waals surface area contributed by atoms with Gasteiger partial charge in [0.1, 0.15) is 6.04 Å². The van der Waals surface area contributed by atoms with E-state index in [-0.39, 0.29) is 18.1 Å². The number of rotatable bonds is 5. The van der Waals surface area contributed by atoms with Crippen LogP contribution in [0, 0.1) is 6.92 Å². The summed E-state index contributed by atoms with van der Waals surface area (Å²) in [6.07, 6.45) is -0.120. The van der Waals surface area contributed by atoms with Gasteiger partial charge in [0.2, 0.25) is 5.91 Å². The molecule has 23 heavy (non-hydrogen) atoms. The number of amides is 1. The van der Waals surface area contributed by atoms with Crippen LogP contribution in [-0.2, 0) is 16.1 Å². The molecular weight excluding hydrogens is 296 g/mol. The van der Waals surface area contributed by atoms with Gasteiger partial charge in [-0.2, -0.15) is 0 Å². The van der Waals surface area contributed by atoms with E-state index in [2.05, 4.69) is 5.32 Å². The minimum absolute atomic E-state index is 0.0337. The van der Waals surface area contributed by atoms with Gasteiger partial charge in [0, 0.05) is 20.1 Å². The van der Waals surface area contributed by atoms with E-state index < -0.39 is 0 Å². The van der Waals surface area contributed by atoms with Crippen molar-refractivity contribution in [1.82, 2.24) is 10.2 Å². The molecule has 0 saturated carbocycles. The van der Waals surface area contributed by atoms with E-state index in [1.54, 1.807) is 19.1 Å². The average molecular weight is 322 g/mol. The van der Waals surface area contributed by atoms with E-state index >= 15 is 0 Å². The second-order valence-electron chi connectivity index (χ2n) is 5.84. The monoisotopic (exact) mass is 322 g/mol. The summed E-state index contributed by atoms with van der Waals surface area (Å²) in [6.45, 7) is 5.77. The summed E-state index contributed by atoms with van der Waals surface area (Å²) in [6, 6.07) is 3.55. The Bertz CT molecular complexity index is 562. The lowest BCUT2D eigenvalue weighted by atomic mass is 10.1. The maximum absolute atomic E-state index is 12.6. The van der Waals surface area contributed by atoms with Gasteiger partial charge in [-0.15, -0.1) is 0 Å². The van der Waals surface area contributed by atoms with Crippen molar-refractivity contribution < 1.29 is 19.0 Å². The van der Waals surface area contributed by atoms with Gasteiger partial charge >= 0.3 is 0 Å². The number of aryl methyl sites for hydroxylation is 1. The number of carbonyl (C=O) groups is 1. The fourth-order valence-corrected chi connectivity index (χ4v) is 2.77. The van der Waals surface area contributed by atoms with Crippen molar-refractivity contribution in [2.75, 3.05) is 34.4 Å². The van der Waals surface area contributed by atoms with Crippen LogP contribution in [0.15, 0.2) is 12.1 Å². The molecule has 0 radical (unpaired) electrons. The van der Waals surface area contributed by atoms with Crippen molar-refractivity contribution in [2.45, 2.75) is 32.5 Å². The zero-order chi connectivity index (χ0) is 17.0. The van der Waals surface area contributed by atoms with Crippen LogP contribution in [0.5, 0.6) is 11.5 Å². The molecule has 1 aliphatic heterocycles. The van der Waals surface area contributed by atoms with E-state index in [0.29, 0.717) is 31.2 Å². The largest absolute Gasteiger partial charge is 0.493 e. The quantitative estimate of drug-likeness (QED) is 0.887. The van der Waals surface area contributed by atoms with Gasteiger partial charge in [-0.3, -0.25) is 4.79 Å². The number of morpholine rings is 1. The van der Waals surface area contributed by atoms with Crippen LogP contribution < -0.4 is 14.8 Å². The van der Waals surface area contributed by atoms with Gasteiger partial charge in [0.05, 0.1) is 26.9 Å². The molecule has 1 saturated heterocycles. The normalized spacial score (nSPS) is 20.9. The third-order valence-corrected chi connectivity index (χ3v) is 4.21. The number of benzene rings is 1. The highest BCUT2D eigenvalue weighted by Crippen LogP contribution is 2.30. The van der Waals surface area contributed by atoms with Crippen molar-refractivity contribution >= 4 is 5.91 Å². The molecule has 6 nitrogen and oxygen atoms in total. The van der Waals surface area contributed by atoms with E-state index in [0.717, 1.165) is 11.1 Å². The zero-order valence-electron chi connectivity index (χ0n) is 14.5. The summed E-state index contributed by atoms with van der Waals surface area (Å²) >= 11 is 0. The van der Waals surface area contributed by atoms with E-state index in [1.165, 1.54) is 0 Å². The Labute approximate surface area is 137 Å². The highest BCUT2D eigenvalue weighted by Gasteiger charge is 2.30. The van der Waals surface area contributed by atoms with Crippen LogP contribution in [0.2, 0.25) is 0 Å². The first kappa shape index (κ1) is 17.6. The Morgan fingerprint density at radius 1 is 1.35 bits per heavy atom. The molecule has 2 rings (SSSR count). The van der Waals surface area contributed by atoms with Crippen molar-refractivity contribution in [3.05, 3.63) is 23.3 Å². The van der Waals surface area contributed by atoms with Crippen LogP contribution in [0.4, 0.5) is 0 Å². The van der Waals surface area contributed by atoms with Crippen LogP contribution in [0.25, 0.3) is 0 Å². The van der Waals surface area contributed by atoms with Gasteiger partial charge in [0.25, 0.3) is 0 Å². The lowest BCUT2D eigenvalue weighted by molar-refractivity contribution is -0.138. The number of likely N-dealkylation sites (N-methyl/N-ethyl adjacent to an activating group) is 1. The molecule has 0 aliphatic carbocycles. The van der Waals surface area contributed by atoms with Crippen molar-refractivity contribution in [2.24, 2.45) is 0 Å². The second-order valence-corrected chi connectivity index (χ2v) is 5.84. The Balaban J connectivity index is 2.13. The molecule has 0 spiro atoms. The first-order valence-corrected chi connectivity index (χ1v) is 7.79. The topological polar surface area (TPSA) is 60.0 Å². The number of hydrogen-bond donors (Lipinski definition) is 1. The number of nitrogens with one attached hydrogen (secondary N) is 1. The summed E-state index contributed by atoms with van der Waals surface area (Å²) in [4.78, 5) is 14.3. The third kappa shape index (κ3) is 3.95. The first-order valence-electron chi connectivity index (χ1n) is 7.79. The predicted octanol–water partition coefficient (Wildman–Crippen LogP) is 1.35. The minimum Gasteiger partial charge on any atom is -0.493 e. The molecule has 1 aliphatic rings. The van der Waals surface area contributed by atoms with E-state index in [1.807, 2.05) is 33.0 Å². The molecule has 0 unspecified atom stereocenters. The molecule has 1 aromatic carbocycles. The number of ether oxygens (including phenoxy) is 3. The number of nitrogens with zero attached hydrogens (tertiary/aromatic N) is 1. The lowest BCUT2D eigenvalue weighted by Crippen LogP contribution is -2.55. The predicted molar refractivity (Wildman–Crippen MR) is 88.0 cm³/mol. The minimum atomic E-state index is -0.297. The van der Waals surface area contributed by atoms with Gasteiger partial charge in [-0.05, 0) is 37.1 Å². The summed E-state index contributed by atoms with van der Waals surface area (Å²) in [5, 5.41) is 3.23. The number of methoxy groups -OCH3 is 2. The van der Waals surface area contributed by atoms with Gasteiger partial charge in [0.15, 0.2) is 11.5 Å². The van der Waals surface area contributed by atoms with Gasteiger partial charge < -0.3 is 24.4 Å².